The van der Waals surface area contributed by atoms with Crippen LogP contribution in [0.25, 0.3) is 33.9 Å². The Morgan fingerprint density at radius 1 is 0.778 bits per heavy atom. The van der Waals surface area contributed by atoms with Crippen LogP contribution in [0.2, 0.25) is 0 Å². The molecule has 0 unspecified atom stereocenters. The molecule has 0 atom stereocenters. The van der Waals surface area contributed by atoms with Crippen LogP contribution in [0.5, 0.6) is 0 Å². The standard InChI is InChI=1S/C29H31N3O4/c1-2-3-4-5-18-31-28(24-12-8-22(20-34)9-13-24)27(23-10-6-21(19-33)7-11-23)30-29(31)25-14-16-26(17-15-25)32(35)36/h6-17,33-34H,2-5,18-20H2,1H3. The summed E-state index contributed by atoms with van der Waals surface area (Å²) in [5.74, 6) is 0.754. The van der Waals surface area contributed by atoms with Gasteiger partial charge < -0.3 is 14.8 Å². The molecular formula is C29H31N3O4. The first kappa shape index (κ1) is 25.3. The average Bonchev–Trinajstić information content (AvgIpc) is 3.30. The van der Waals surface area contributed by atoms with E-state index < -0.39 is 4.92 Å². The highest BCUT2D eigenvalue weighted by atomic mass is 16.6. The zero-order valence-electron chi connectivity index (χ0n) is 20.4. The number of aliphatic hydroxyl groups is 2. The largest absolute Gasteiger partial charge is 0.392 e. The summed E-state index contributed by atoms with van der Waals surface area (Å²) in [5, 5.41) is 30.2. The summed E-state index contributed by atoms with van der Waals surface area (Å²) in [6, 6.07) is 22.0. The lowest BCUT2D eigenvalue weighted by molar-refractivity contribution is -0.384. The van der Waals surface area contributed by atoms with Crippen molar-refractivity contribution in [3.05, 3.63) is 94.0 Å². The van der Waals surface area contributed by atoms with Gasteiger partial charge in [0.25, 0.3) is 5.69 Å². The number of nitro groups is 1. The van der Waals surface area contributed by atoms with Gasteiger partial charge in [0.05, 0.1) is 29.5 Å². The van der Waals surface area contributed by atoms with Crippen molar-refractivity contribution in [3.63, 3.8) is 0 Å². The van der Waals surface area contributed by atoms with Crippen LogP contribution in [0.3, 0.4) is 0 Å². The second kappa shape index (κ2) is 11.7. The van der Waals surface area contributed by atoms with Gasteiger partial charge >= 0.3 is 0 Å². The Kier molecular flexibility index (Phi) is 8.25. The zero-order chi connectivity index (χ0) is 25.5. The number of nitrogens with zero attached hydrogens (tertiary/aromatic N) is 3. The summed E-state index contributed by atoms with van der Waals surface area (Å²) in [4.78, 5) is 15.9. The Morgan fingerprint density at radius 3 is 1.86 bits per heavy atom. The second-order valence-electron chi connectivity index (χ2n) is 8.86. The van der Waals surface area contributed by atoms with Crippen molar-refractivity contribution in [3.8, 4) is 33.9 Å². The lowest BCUT2D eigenvalue weighted by atomic mass is 10.0. The molecule has 36 heavy (non-hydrogen) atoms. The van der Waals surface area contributed by atoms with E-state index in [1.807, 2.05) is 48.5 Å². The Bertz CT molecular complexity index is 1290. The van der Waals surface area contributed by atoms with Crippen LogP contribution in [-0.4, -0.2) is 24.7 Å². The molecule has 0 aliphatic rings. The number of aliphatic hydroxyl groups excluding tert-OH is 2. The summed E-state index contributed by atoms with van der Waals surface area (Å²) in [5.41, 5.74) is 6.16. The first-order valence-electron chi connectivity index (χ1n) is 12.3. The third-order valence-corrected chi connectivity index (χ3v) is 6.36. The summed E-state index contributed by atoms with van der Waals surface area (Å²) < 4.78 is 2.21. The molecule has 0 aliphatic carbocycles. The number of imidazole rings is 1. The molecule has 0 radical (unpaired) electrons. The minimum absolute atomic E-state index is 0.0277. The maximum Gasteiger partial charge on any atom is 0.269 e. The van der Waals surface area contributed by atoms with Gasteiger partial charge in [0.15, 0.2) is 0 Å². The van der Waals surface area contributed by atoms with Gasteiger partial charge in [-0.05, 0) is 29.7 Å². The van der Waals surface area contributed by atoms with Crippen molar-refractivity contribution in [2.45, 2.75) is 52.4 Å². The normalized spacial score (nSPS) is 11.1. The molecule has 3 aromatic carbocycles. The minimum Gasteiger partial charge on any atom is -0.392 e. The van der Waals surface area contributed by atoms with E-state index in [2.05, 4.69) is 11.5 Å². The predicted octanol–water partition coefficient (Wildman–Crippen LogP) is 6.36. The summed E-state index contributed by atoms with van der Waals surface area (Å²) >= 11 is 0. The van der Waals surface area contributed by atoms with E-state index >= 15 is 0 Å². The number of non-ortho nitro benzene ring substituents is 1. The van der Waals surface area contributed by atoms with Gasteiger partial charge in [-0.2, -0.15) is 0 Å². The van der Waals surface area contributed by atoms with E-state index in [-0.39, 0.29) is 18.9 Å². The highest BCUT2D eigenvalue weighted by molar-refractivity contribution is 5.82. The van der Waals surface area contributed by atoms with Crippen molar-refractivity contribution < 1.29 is 15.1 Å². The van der Waals surface area contributed by atoms with Crippen molar-refractivity contribution in [1.82, 2.24) is 9.55 Å². The lowest BCUT2D eigenvalue weighted by Crippen LogP contribution is -2.04. The van der Waals surface area contributed by atoms with E-state index in [9.17, 15) is 20.3 Å². The van der Waals surface area contributed by atoms with Gasteiger partial charge in [-0.25, -0.2) is 4.98 Å². The Balaban J connectivity index is 1.91. The van der Waals surface area contributed by atoms with Crippen molar-refractivity contribution in [2.75, 3.05) is 0 Å². The lowest BCUT2D eigenvalue weighted by Gasteiger charge is -2.14. The van der Waals surface area contributed by atoms with E-state index in [1.165, 1.54) is 12.1 Å². The number of benzene rings is 3. The van der Waals surface area contributed by atoms with Gasteiger partial charge in [-0.3, -0.25) is 10.1 Å². The summed E-state index contributed by atoms with van der Waals surface area (Å²) in [7, 11) is 0. The topological polar surface area (TPSA) is 101 Å². The van der Waals surface area contributed by atoms with Gasteiger partial charge in [-0.15, -0.1) is 0 Å². The molecule has 4 aromatic rings. The van der Waals surface area contributed by atoms with Crippen LogP contribution in [0.4, 0.5) is 5.69 Å². The molecule has 186 valence electrons. The summed E-state index contributed by atoms with van der Waals surface area (Å²) in [6.45, 7) is 2.88. The fourth-order valence-corrected chi connectivity index (χ4v) is 4.35. The molecule has 0 saturated carbocycles. The van der Waals surface area contributed by atoms with Gasteiger partial charge in [0.1, 0.15) is 5.82 Å². The molecule has 0 spiro atoms. The third-order valence-electron chi connectivity index (χ3n) is 6.36. The second-order valence-corrected chi connectivity index (χ2v) is 8.86. The minimum atomic E-state index is -0.400. The first-order valence-corrected chi connectivity index (χ1v) is 12.3. The molecule has 7 heteroatoms. The zero-order valence-corrected chi connectivity index (χ0v) is 20.4. The third kappa shape index (κ3) is 5.53. The molecule has 0 bridgehead atoms. The Labute approximate surface area is 210 Å². The monoisotopic (exact) mass is 485 g/mol. The number of rotatable bonds is 11. The molecule has 2 N–H and O–H groups in total. The van der Waals surface area contributed by atoms with Crippen LogP contribution < -0.4 is 0 Å². The van der Waals surface area contributed by atoms with Gasteiger partial charge in [-0.1, -0.05) is 74.7 Å². The number of hydrogen-bond acceptors (Lipinski definition) is 5. The highest BCUT2D eigenvalue weighted by Crippen LogP contribution is 2.37. The number of nitro benzene ring substituents is 1. The fourth-order valence-electron chi connectivity index (χ4n) is 4.35. The molecule has 0 saturated heterocycles. The maximum absolute atomic E-state index is 11.2. The number of unbranched alkanes of at least 4 members (excludes halogenated alkanes) is 3. The van der Waals surface area contributed by atoms with E-state index in [0.29, 0.717) is 0 Å². The molecule has 0 aliphatic heterocycles. The van der Waals surface area contributed by atoms with Crippen molar-refractivity contribution >= 4 is 5.69 Å². The predicted molar refractivity (Wildman–Crippen MR) is 141 cm³/mol. The van der Waals surface area contributed by atoms with Crippen molar-refractivity contribution in [2.24, 2.45) is 0 Å². The van der Waals surface area contributed by atoms with Crippen molar-refractivity contribution in [1.29, 1.82) is 0 Å². The smallest absolute Gasteiger partial charge is 0.269 e. The SMILES string of the molecule is CCCCCCn1c(-c2ccc([N+](=O)[O-])cc2)nc(-c2ccc(CO)cc2)c1-c1ccc(CO)cc1. The van der Waals surface area contributed by atoms with Crippen LogP contribution in [-0.2, 0) is 19.8 Å². The van der Waals surface area contributed by atoms with Gasteiger partial charge in [0, 0.05) is 35.4 Å². The molecule has 0 fully saturated rings. The number of aromatic nitrogens is 2. The molecule has 7 nitrogen and oxygen atoms in total. The number of hydrogen-bond donors (Lipinski definition) is 2. The average molecular weight is 486 g/mol. The van der Waals surface area contributed by atoms with Crippen LogP contribution in [0.15, 0.2) is 72.8 Å². The fraction of sp³-hybridized carbons (Fsp3) is 0.276. The van der Waals surface area contributed by atoms with Gasteiger partial charge in [0.2, 0.25) is 0 Å². The molecular weight excluding hydrogens is 454 g/mol. The van der Waals surface area contributed by atoms with Crippen LogP contribution >= 0.6 is 0 Å². The van der Waals surface area contributed by atoms with E-state index in [1.54, 1.807) is 12.1 Å². The Morgan fingerprint density at radius 2 is 1.33 bits per heavy atom. The maximum atomic E-state index is 11.2. The molecule has 0 amide bonds. The molecule has 4 rings (SSSR count). The van der Waals surface area contributed by atoms with Crippen LogP contribution in [0, 0.1) is 10.1 Å². The molecule has 1 heterocycles. The molecule has 1 aromatic heterocycles. The van der Waals surface area contributed by atoms with E-state index in [0.717, 1.165) is 77.3 Å². The quantitative estimate of drug-likeness (QED) is 0.146. The van der Waals surface area contributed by atoms with Crippen LogP contribution in [0.1, 0.15) is 43.7 Å². The first-order chi connectivity index (χ1) is 17.5. The Hall–Kier alpha value is -3.81. The summed E-state index contributed by atoms with van der Waals surface area (Å²) in [6.07, 6.45) is 4.36. The highest BCUT2D eigenvalue weighted by Gasteiger charge is 2.21. The van der Waals surface area contributed by atoms with E-state index in [4.69, 9.17) is 4.98 Å².